The largest absolute Gasteiger partial charge is 0.348 e. The summed E-state index contributed by atoms with van der Waals surface area (Å²) in [5.41, 5.74) is 3.96. The molecule has 7 heteroatoms. The average molecular weight is 418 g/mol. The summed E-state index contributed by atoms with van der Waals surface area (Å²) >= 11 is 0. The van der Waals surface area contributed by atoms with Crippen LogP contribution < -0.4 is 5.32 Å². The zero-order valence-electron chi connectivity index (χ0n) is 17.9. The van der Waals surface area contributed by atoms with E-state index in [1.54, 1.807) is 6.20 Å². The first-order chi connectivity index (χ1) is 14.8. The predicted octanol–water partition coefficient (Wildman–Crippen LogP) is 2.47. The van der Waals surface area contributed by atoms with Gasteiger partial charge in [-0.05, 0) is 51.2 Å². The fraction of sp³-hybridized carbons (Fsp3) is 0.417. The second-order valence-electron chi connectivity index (χ2n) is 8.98. The Kier molecular flexibility index (Phi) is 4.57. The van der Waals surface area contributed by atoms with Crippen molar-refractivity contribution in [1.29, 1.82) is 0 Å². The topological polar surface area (TPSA) is 84.3 Å². The Labute approximate surface area is 181 Å². The maximum atomic E-state index is 12.8. The van der Waals surface area contributed by atoms with Crippen LogP contribution in [0.15, 0.2) is 42.6 Å². The second-order valence-corrected chi connectivity index (χ2v) is 8.98. The Morgan fingerprint density at radius 2 is 1.71 bits per heavy atom. The van der Waals surface area contributed by atoms with Crippen molar-refractivity contribution < 1.29 is 14.4 Å². The molecule has 1 saturated heterocycles. The molecule has 2 fully saturated rings. The first kappa shape index (κ1) is 19.7. The van der Waals surface area contributed by atoms with Gasteiger partial charge in [0, 0.05) is 11.3 Å². The van der Waals surface area contributed by atoms with E-state index in [0.717, 1.165) is 28.3 Å². The first-order valence-electron chi connectivity index (χ1n) is 10.8. The lowest BCUT2D eigenvalue weighted by molar-refractivity contribution is -0.144. The molecule has 160 valence electrons. The van der Waals surface area contributed by atoms with Gasteiger partial charge < -0.3 is 5.32 Å². The number of imide groups is 1. The molecule has 1 aromatic heterocycles. The average Bonchev–Trinajstić information content (AvgIpc) is 3.49. The fourth-order valence-corrected chi connectivity index (χ4v) is 5.42. The normalized spacial score (nSPS) is 27.1. The molecule has 0 spiro atoms. The number of aryl methyl sites for hydroxylation is 1. The molecular weight excluding hydrogens is 392 g/mol. The zero-order valence-corrected chi connectivity index (χ0v) is 17.9. The molecule has 5 atom stereocenters. The highest BCUT2D eigenvalue weighted by molar-refractivity contribution is 6.08. The molecule has 2 aromatic rings. The van der Waals surface area contributed by atoms with E-state index >= 15 is 0 Å². The predicted molar refractivity (Wildman–Crippen MR) is 114 cm³/mol. The van der Waals surface area contributed by atoms with E-state index in [-0.39, 0.29) is 54.0 Å². The third kappa shape index (κ3) is 3.10. The Balaban J connectivity index is 1.26. The fourth-order valence-electron chi connectivity index (χ4n) is 5.42. The molecule has 7 nitrogen and oxygen atoms in total. The summed E-state index contributed by atoms with van der Waals surface area (Å²) in [7, 11) is 0. The minimum Gasteiger partial charge on any atom is -0.348 e. The molecule has 3 aliphatic rings. The SMILES string of the molecule is Cc1ccc(-n2ncc([C@H](C)NC(=O)CN3C(=O)[C@@H]4[C@@H](C3=O)[C@H]3C=C[C@H]4C3)c2C)cc1. The number of hydrogen-bond acceptors (Lipinski definition) is 4. The summed E-state index contributed by atoms with van der Waals surface area (Å²) in [4.78, 5) is 39.4. The van der Waals surface area contributed by atoms with Crippen LogP contribution in [0.4, 0.5) is 0 Å². The smallest absolute Gasteiger partial charge is 0.240 e. The van der Waals surface area contributed by atoms with E-state index in [4.69, 9.17) is 0 Å². The van der Waals surface area contributed by atoms with E-state index < -0.39 is 0 Å². The number of rotatable bonds is 5. The maximum absolute atomic E-state index is 12.8. The Hall–Kier alpha value is -3.22. The number of carbonyl (C=O) groups is 3. The van der Waals surface area contributed by atoms with Crippen LogP contribution in [0.1, 0.15) is 36.2 Å². The standard InChI is InChI=1S/C24H26N4O3/c1-13-4-8-18(9-5-13)28-15(3)19(11-25-28)14(2)26-20(29)12-27-23(30)21-16-6-7-17(10-16)22(21)24(27)31/h4-9,11,14,16-17,21-22H,10,12H2,1-3H3,(H,26,29)/t14-,16-,17-,21-,22-/m0/s1. The number of amides is 3. The van der Waals surface area contributed by atoms with Crippen molar-refractivity contribution in [1.82, 2.24) is 20.0 Å². The molecule has 0 unspecified atom stereocenters. The summed E-state index contributed by atoms with van der Waals surface area (Å²) in [6.45, 7) is 5.66. The summed E-state index contributed by atoms with van der Waals surface area (Å²) in [6, 6.07) is 7.78. The molecule has 2 aliphatic carbocycles. The van der Waals surface area contributed by atoms with Crippen molar-refractivity contribution in [2.24, 2.45) is 23.7 Å². The molecule has 1 aliphatic heterocycles. The Bertz CT molecular complexity index is 1070. The number of nitrogens with one attached hydrogen (secondary N) is 1. The van der Waals surface area contributed by atoms with Crippen molar-refractivity contribution in [2.45, 2.75) is 33.2 Å². The molecule has 2 bridgehead atoms. The van der Waals surface area contributed by atoms with Crippen molar-refractivity contribution in [2.75, 3.05) is 6.54 Å². The van der Waals surface area contributed by atoms with Gasteiger partial charge in [-0.2, -0.15) is 5.10 Å². The number of carbonyl (C=O) groups excluding carboxylic acids is 3. The molecule has 1 N–H and O–H groups in total. The van der Waals surface area contributed by atoms with Crippen LogP contribution in [0, 0.1) is 37.5 Å². The molecule has 0 radical (unpaired) electrons. The molecule has 2 heterocycles. The van der Waals surface area contributed by atoms with Gasteiger partial charge >= 0.3 is 0 Å². The van der Waals surface area contributed by atoms with Gasteiger partial charge in [0.25, 0.3) is 0 Å². The maximum Gasteiger partial charge on any atom is 0.240 e. The number of hydrogen-bond donors (Lipinski definition) is 1. The Morgan fingerprint density at radius 1 is 1.10 bits per heavy atom. The lowest BCUT2D eigenvalue weighted by Crippen LogP contribution is -2.42. The van der Waals surface area contributed by atoms with Gasteiger partial charge in [0.15, 0.2) is 0 Å². The number of fused-ring (bicyclic) bond motifs is 5. The van der Waals surface area contributed by atoms with Gasteiger partial charge in [0.1, 0.15) is 6.54 Å². The van der Waals surface area contributed by atoms with Crippen molar-refractivity contribution in [3.8, 4) is 5.69 Å². The van der Waals surface area contributed by atoms with Crippen LogP contribution in [0.5, 0.6) is 0 Å². The quantitative estimate of drug-likeness (QED) is 0.597. The highest BCUT2D eigenvalue weighted by atomic mass is 16.2. The number of nitrogens with zero attached hydrogens (tertiary/aromatic N) is 3. The molecule has 1 saturated carbocycles. The van der Waals surface area contributed by atoms with E-state index in [1.165, 1.54) is 5.56 Å². The minimum absolute atomic E-state index is 0.147. The molecule has 1 aromatic carbocycles. The monoisotopic (exact) mass is 418 g/mol. The van der Waals surface area contributed by atoms with Gasteiger partial charge in [-0.1, -0.05) is 29.8 Å². The summed E-state index contributed by atoms with van der Waals surface area (Å²) < 4.78 is 1.84. The van der Waals surface area contributed by atoms with E-state index in [9.17, 15) is 14.4 Å². The first-order valence-corrected chi connectivity index (χ1v) is 10.8. The van der Waals surface area contributed by atoms with Crippen LogP contribution in [-0.4, -0.2) is 38.9 Å². The molecule has 5 rings (SSSR count). The second kappa shape index (κ2) is 7.18. The summed E-state index contributed by atoms with van der Waals surface area (Å²) in [5, 5.41) is 7.40. The zero-order chi connectivity index (χ0) is 21.9. The lowest BCUT2D eigenvalue weighted by atomic mass is 9.85. The van der Waals surface area contributed by atoms with Gasteiger partial charge in [-0.25, -0.2) is 4.68 Å². The van der Waals surface area contributed by atoms with E-state index in [1.807, 2.05) is 49.7 Å². The van der Waals surface area contributed by atoms with Gasteiger partial charge in [0.05, 0.1) is 29.8 Å². The highest BCUT2D eigenvalue weighted by Crippen LogP contribution is 2.52. The summed E-state index contributed by atoms with van der Waals surface area (Å²) in [6.07, 6.45) is 6.74. The van der Waals surface area contributed by atoms with Crippen molar-refractivity contribution in [3.05, 3.63) is 59.4 Å². The van der Waals surface area contributed by atoms with Crippen LogP contribution in [-0.2, 0) is 14.4 Å². The lowest BCUT2D eigenvalue weighted by Gasteiger charge is -2.19. The summed E-state index contributed by atoms with van der Waals surface area (Å²) in [5.74, 6) is -0.985. The third-order valence-corrected chi connectivity index (χ3v) is 7.03. The number of benzene rings is 1. The van der Waals surface area contributed by atoms with Crippen LogP contribution >= 0.6 is 0 Å². The number of aromatic nitrogens is 2. The van der Waals surface area contributed by atoms with Gasteiger partial charge in [0.2, 0.25) is 17.7 Å². The molecule has 3 amide bonds. The Morgan fingerprint density at radius 3 is 2.32 bits per heavy atom. The van der Waals surface area contributed by atoms with E-state index in [0.29, 0.717) is 0 Å². The van der Waals surface area contributed by atoms with Crippen LogP contribution in [0.2, 0.25) is 0 Å². The van der Waals surface area contributed by atoms with Crippen molar-refractivity contribution >= 4 is 17.7 Å². The van der Waals surface area contributed by atoms with Crippen LogP contribution in [0.3, 0.4) is 0 Å². The highest BCUT2D eigenvalue weighted by Gasteiger charge is 2.59. The van der Waals surface area contributed by atoms with Crippen molar-refractivity contribution in [3.63, 3.8) is 0 Å². The van der Waals surface area contributed by atoms with Gasteiger partial charge in [-0.15, -0.1) is 0 Å². The number of likely N-dealkylation sites (tertiary alicyclic amines) is 1. The molecule has 31 heavy (non-hydrogen) atoms. The van der Waals surface area contributed by atoms with Gasteiger partial charge in [-0.3, -0.25) is 19.3 Å². The number of allylic oxidation sites excluding steroid dienone is 2. The minimum atomic E-state index is -0.336. The van der Waals surface area contributed by atoms with E-state index in [2.05, 4.69) is 22.6 Å². The molecular formula is C24H26N4O3. The third-order valence-electron chi connectivity index (χ3n) is 7.03. The van der Waals surface area contributed by atoms with Crippen LogP contribution in [0.25, 0.3) is 5.69 Å².